The molecule has 0 unspecified atom stereocenters. The first-order chi connectivity index (χ1) is 13.3. The first-order valence-electron chi connectivity index (χ1n) is 12.4. The Morgan fingerprint density at radius 3 is 1.63 bits per heavy atom. The van der Waals surface area contributed by atoms with Crippen LogP contribution in [0.2, 0.25) is 0 Å². The van der Waals surface area contributed by atoms with Crippen LogP contribution in [0.4, 0.5) is 0 Å². The van der Waals surface area contributed by atoms with E-state index in [1.807, 2.05) is 0 Å². The molecule has 27 heavy (non-hydrogen) atoms. The third kappa shape index (κ3) is 11.6. The maximum Gasteiger partial charge on any atom is 0.256 e. The van der Waals surface area contributed by atoms with Crippen molar-refractivity contribution in [2.45, 2.75) is 143 Å². The molecule has 0 fully saturated rings. The van der Waals surface area contributed by atoms with Crippen molar-refractivity contribution in [2.75, 3.05) is 0 Å². The van der Waals surface area contributed by atoms with Crippen LogP contribution in [0.1, 0.15) is 129 Å². The minimum absolute atomic E-state index is 1.11. The van der Waals surface area contributed by atoms with E-state index in [1.165, 1.54) is 116 Å². The minimum atomic E-state index is 1.11. The van der Waals surface area contributed by atoms with Crippen LogP contribution in [0, 0.1) is 0 Å². The molecule has 1 rings (SSSR count). The molecule has 0 saturated carbocycles. The number of imidazole rings is 1. The lowest BCUT2D eigenvalue weighted by atomic mass is 10.0. The summed E-state index contributed by atoms with van der Waals surface area (Å²) in [6.45, 7) is 9.18. The second-order valence-electron chi connectivity index (χ2n) is 8.39. The molecule has 1 aromatic rings. The highest BCUT2D eigenvalue weighted by Gasteiger charge is 2.15. The lowest BCUT2D eigenvalue weighted by Crippen LogP contribution is -2.37. The summed E-state index contributed by atoms with van der Waals surface area (Å²) in [4.78, 5) is 0. The van der Waals surface area contributed by atoms with Gasteiger partial charge in [0, 0.05) is 6.42 Å². The van der Waals surface area contributed by atoms with Gasteiger partial charge in [0.15, 0.2) is 0 Å². The molecule has 158 valence electrons. The van der Waals surface area contributed by atoms with Crippen LogP contribution in [-0.4, -0.2) is 4.57 Å². The third-order valence-corrected chi connectivity index (χ3v) is 5.94. The second-order valence-corrected chi connectivity index (χ2v) is 8.39. The van der Waals surface area contributed by atoms with E-state index in [-0.39, 0.29) is 0 Å². The molecule has 0 saturated heterocycles. The lowest BCUT2D eigenvalue weighted by molar-refractivity contribution is -0.704. The normalized spacial score (nSPS) is 11.4. The molecule has 1 heterocycles. The topological polar surface area (TPSA) is 8.81 Å². The Hall–Kier alpha value is -0.790. The summed E-state index contributed by atoms with van der Waals surface area (Å²) in [5, 5.41) is 0. The molecule has 0 N–H and O–H groups in total. The molecule has 0 atom stereocenters. The number of aryl methyl sites for hydroxylation is 2. The summed E-state index contributed by atoms with van der Waals surface area (Å²) in [7, 11) is 0. The summed E-state index contributed by atoms with van der Waals surface area (Å²) in [5.41, 5.74) is 0. The molecule has 1 aromatic heterocycles. The van der Waals surface area contributed by atoms with Crippen LogP contribution in [-0.2, 0) is 19.5 Å². The molecular weight excluding hydrogens is 328 g/mol. The molecule has 2 heteroatoms. The van der Waals surface area contributed by atoms with E-state index >= 15 is 0 Å². The maximum atomic E-state index is 2.53. The smallest absolute Gasteiger partial charge is 0.235 e. The summed E-state index contributed by atoms with van der Waals surface area (Å²) in [6.07, 6.45) is 28.5. The van der Waals surface area contributed by atoms with Gasteiger partial charge in [0.1, 0.15) is 12.4 Å². The monoisotopic (exact) mass is 377 g/mol. The van der Waals surface area contributed by atoms with Gasteiger partial charge in [-0.05, 0) is 26.2 Å². The van der Waals surface area contributed by atoms with E-state index < -0.39 is 0 Å². The number of aromatic nitrogens is 2. The van der Waals surface area contributed by atoms with E-state index in [2.05, 4.69) is 42.3 Å². The summed E-state index contributed by atoms with van der Waals surface area (Å²) in [5.74, 6) is 1.56. The number of rotatable bonds is 19. The zero-order chi connectivity index (χ0) is 19.6. The Bertz CT molecular complexity index is 436. The number of unbranched alkanes of at least 4 members (excludes halogenated alkanes) is 14. The standard InChI is InChI=1S/C25H49N2/c1-4-7-9-11-12-13-14-15-16-17-18-19-21-25-26(6-3)23-24-27(25)22-20-10-8-5-2/h23-24H,4-22H2,1-3H3/q+1. The fraction of sp³-hybridized carbons (Fsp3) is 0.880. The maximum absolute atomic E-state index is 2.53. The van der Waals surface area contributed by atoms with E-state index in [4.69, 9.17) is 0 Å². The Morgan fingerprint density at radius 2 is 1.11 bits per heavy atom. The quantitative estimate of drug-likeness (QED) is 0.173. The highest BCUT2D eigenvalue weighted by atomic mass is 15.1. The largest absolute Gasteiger partial charge is 0.256 e. The van der Waals surface area contributed by atoms with Crippen LogP contribution < -0.4 is 4.57 Å². The molecule has 0 spiro atoms. The van der Waals surface area contributed by atoms with Gasteiger partial charge in [0.05, 0.1) is 13.1 Å². The van der Waals surface area contributed by atoms with Gasteiger partial charge in [-0.2, -0.15) is 0 Å². The van der Waals surface area contributed by atoms with E-state index in [1.54, 1.807) is 5.82 Å². The third-order valence-electron chi connectivity index (χ3n) is 5.94. The summed E-state index contributed by atoms with van der Waals surface area (Å²) in [6, 6.07) is 0. The molecule has 0 amide bonds. The molecule has 0 aromatic carbocycles. The van der Waals surface area contributed by atoms with E-state index in [9.17, 15) is 0 Å². The molecule has 0 bridgehead atoms. The fourth-order valence-electron chi connectivity index (χ4n) is 4.11. The van der Waals surface area contributed by atoms with Crippen LogP contribution in [0.15, 0.2) is 12.4 Å². The van der Waals surface area contributed by atoms with Gasteiger partial charge < -0.3 is 0 Å². The van der Waals surface area contributed by atoms with E-state index in [0.717, 1.165) is 6.54 Å². The van der Waals surface area contributed by atoms with E-state index in [0.29, 0.717) is 0 Å². The SMILES string of the molecule is CCCCCCCCCCCCCCc1n(CC)cc[n+]1CCCCCC. The molecule has 0 radical (unpaired) electrons. The Balaban J connectivity index is 2.09. The predicted octanol–water partition coefficient (Wildman–Crippen LogP) is 7.62. The zero-order valence-electron chi connectivity index (χ0n) is 19.0. The molecule has 0 aliphatic heterocycles. The van der Waals surface area contributed by atoms with Crippen molar-refractivity contribution in [1.82, 2.24) is 4.57 Å². The van der Waals surface area contributed by atoms with Crippen molar-refractivity contribution < 1.29 is 4.57 Å². The van der Waals surface area contributed by atoms with Gasteiger partial charge >= 0.3 is 0 Å². The fourth-order valence-corrected chi connectivity index (χ4v) is 4.11. The van der Waals surface area contributed by atoms with Crippen molar-refractivity contribution in [3.63, 3.8) is 0 Å². The Kier molecular flexibility index (Phi) is 15.6. The van der Waals surface area contributed by atoms with Crippen molar-refractivity contribution in [2.24, 2.45) is 0 Å². The van der Waals surface area contributed by atoms with Crippen LogP contribution in [0.5, 0.6) is 0 Å². The average molecular weight is 378 g/mol. The van der Waals surface area contributed by atoms with Gasteiger partial charge in [-0.1, -0.05) is 97.3 Å². The molecular formula is C25H49N2+. The minimum Gasteiger partial charge on any atom is -0.235 e. The molecule has 0 aliphatic rings. The lowest BCUT2D eigenvalue weighted by Gasteiger charge is -2.05. The Morgan fingerprint density at radius 1 is 0.630 bits per heavy atom. The first kappa shape index (κ1) is 24.2. The molecule has 0 aliphatic carbocycles. The van der Waals surface area contributed by atoms with Crippen molar-refractivity contribution in [1.29, 1.82) is 0 Å². The summed E-state index contributed by atoms with van der Waals surface area (Å²) >= 11 is 0. The van der Waals surface area contributed by atoms with Crippen molar-refractivity contribution in [3.8, 4) is 0 Å². The van der Waals surface area contributed by atoms with Gasteiger partial charge in [0.25, 0.3) is 5.82 Å². The van der Waals surface area contributed by atoms with Crippen LogP contribution in [0.3, 0.4) is 0 Å². The highest BCUT2D eigenvalue weighted by Crippen LogP contribution is 2.13. The highest BCUT2D eigenvalue weighted by molar-refractivity contribution is 4.83. The average Bonchev–Trinajstić information content (AvgIpc) is 3.08. The number of nitrogens with zero attached hydrogens (tertiary/aromatic N) is 2. The first-order valence-corrected chi connectivity index (χ1v) is 12.4. The zero-order valence-corrected chi connectivity index (χ0v) is 19.0. The van der Waals surface area contributed by atoms with Crippen molar-refractivity contribution >= 4 is 0 Å². The van der Waals surface area contributed by atoms with Gasteiger partial charge in [0.2, 0.25) is 0 Å². The van der Waals surface area contributed by atoms with Crippen LogP contribution in [0.25, 0.3) is 0 Å². The number of hydrogen-bond donors (Lipinski definition) is 0. The van der Waals surface area contributed by atoms with Crippen LogP contribution >= 0.6 is 0 Å². The van der Waals surface area contributed by atoms with Crippen molar-refractivity contribution in [3.05, 3.63) is 18.2 Å². The second kappa shape index (κ2) is 17.3. The van der Waals surface area contributed by atoms with Gasteiger partial charge in [-0.25, -0.2) is 9.13 Å². The summed E-state index contributed by atoms with van der Waals surface area (Å²) < 4.78 is 4.98. The predicted molar refractivity (Wildman–Crippen MR) is 119 cm³/mol. The molecule has 2 nitrogen and oxygen atoms in total. The number of hydrogen-bond acceptors (Lipinski definition) is 0. The Labute approximate surface area is 170 Å². The van der Waals surface area contributed by atoms with Gasteiger partial charge in [-0.3, -0.25) is 0 Å². The van der Waals surface area contributed by atoms with Gasteiger partial charge in [-0.15, -0.1) is 0 Å².